The highest BCUT2D eigenvalue weighted by atomic mass is 35.5. The van der Waals surface area contributed by atoms with Crippen molar-refractivity contribution in [1.82, 2.24) is 20.2 Å². The summed E-state index contributed by atoms with van der Waals surface area (Å²) in [5, 5.41) is 3.70. The maximum atomic E-state index is 12.5. The number of furan rings is 1. The molecule has 0 bridgehead atoms. The Kier molecular flexibility index (Phi) is 5.76. The Morgan fingerprint density at radius 1 is 1.50 bits per heavy atom. The molecule has 0 radical (unpaired) electrons. The van der Waals surface area contributed by atoms with E-state index in [0.29, 0.717) is 11.7 Å². The van der Waals surface area contributed by atoms with E-state index in [0.717, 1.165) is 18.8 Å². The molecule has 0 aliphatic carbocycles. The molecule has 1 aliphatic heterocycles. The number of aromatic nitrogens is 2. The van der Waals surface area contributed by atoms with Crippen LogP contribution in [0.4, 0.5) is 0 Å². The van der Waals surface area contributed by atoms with Gasteiger partial charge in [0.25, 0.3) is 5.91 Å². The molecule has 128 valence electrons. The number of likely N-dealkylation sites (tertiary alicyclic amines) is 1. The molecule has 3 rings (SSSR count). The van der Waals surface area contributed by atoms with Crippen LogP contribution < -0.4 is 5.32 Å². The molecule has 0 spiro atoms. The zero-order valence-corrected chi connectivity index (χ0v) is 14.9. The van der Waals surface area contributed by atoms with Gasteiger partial charge in [0.05, 0.1) is 23.5 Å². The molecule has 1 saturated heterocycles. The van der Waals surface area contributed by atoms with Gasteiger partial charge in [-0.05, 0) is 44.3 Å². The molecule has 2 aromatic heterocycles. The summed E-state index contributed by atoms with van der Waals surface area (Å²) >= 11 is 7.43. The molecule has 1 amide bonds. The van der Waals surface area contributed by atoms with Crippen molar-refractivity contribution >= 4 is 29.3 Å². The van der Waals surface area contributed by atoms with E-state index in [2.05, 4.69) is 20.2 Å². The summed E-state index contributed by atoms with van der Waals surface area (Å²) in [6.07, 6.45) is 7.30. The largest absolute Gasteiger partial charge is 0.468 e. The van der Waals surface area contributed by atoms with Crippen LogP contribution >= 0.6 is 23.4 Å². The summed E-state index contributed by atoms with van der Waals surface area (Å²) in [5.74, 6) is 0.559. The quantitative estimate of drug-likeness (QED) is 0.626. The second-order valence-electron chi connectivity index (χ2n) is 5.54. The zero-order chi connectivity index (χ0) is 16.9. The van der Waals surface area contributed by atoms with Crippen molar-refractivity contribution in [3.8, 4) is 0 Å². The molecule has 1 unspecified atom stereocenters. The Morgan fingerprint density at radius 3 is 2.96 bits per heavy atom. The van der Waals surface area contributed by atoms with Gasteiger partial charge in [-0.25, -0.2) is 9.97 Å². The lowest BCUT2D eigenvalue weighted by atomic mass is 10.2. The van der Waals surface area contributed by atoms with Crippen LogP contribution in [0.15, 0.2) is 34.2 Å². The maximum Gasteiger partial charge on any atom is 0.271 e. The number of thioether (sulfide) groups is 1. The molecule has 24 heavy (non-hydrogen) atoms. The number of carbonyl (C=O) groups is 1. The van der Waals surface area contributed by atoms with E-state index in [1.54, 1.807) is 6.26 Å². The van der Waals surface area contributed by atoms with Crippen molar-refractivity contribution in [1.29, 1.82) is 0 Å². The minimum atomic E-state index is -0.298. The molecule has 2 aromatic rings. The number of nitrogens with zero attached hydrogens (tertiary/aromatic N) is 3. The third-order valence-corrected chi connectivity index (χ3v) is 4.87. The lowest BCUT2D eigenvalue weighted by molar-refractivity contribution is 0.0928. The molecule has 6 nitrogen and oxygen atoms in total. The first kappa shape index (κ1) is 17.3. The van der Waals surface area contributed by atoms with Gasteiger partial charge in [0.15, 0.2) is 10.9 Å². The molecule has 1 atom stereocenters. The van der Waals surface area contributed by atoms with Gasteiger partial charge < -0.3 is 9.73 Å². The fraction of sp³-hybridized carbons (Fsp3) is 0.438. The highest BCUT2D eigenvalue weighted by Gasteiger charge is 2.26. The maximum absolute atomic E-state index is 12.5. The van der Waals surface area contributed by atoms with Gasteiger partial charge in [-0.1, -0.05) is 23.4 Å². The van der Waals surface area contributed by atoms with Crippen LogP contribution in [-0.2, 0) is 0 Å². The standard InChI is InChI=1S/C16H19ClN4O2S/c1-24-16-19-9-11(17)14(20-16)15(22)18-10-12(13-5-4-8-23-13)21-6-2-3-7-21/h4-5,8-9,12H,2-3,6-7,10H2,1H3,(H,18,22). The van der Waals surface area contributed by atoms with Crippen molar-refractivity contribution in [2.75, 3.05) is 25.9 Å². The number of amides is 1. The number of rotatable bonds is 6. The van der Waals surface area contributed by atoms with E-state index in [1.165, 1.54) is 30.8 Å². The van der Waals surface area contributed by atoms with Crippen LogP contribution in [0.2, 0.25) is 5.02 Å². The summed E-state index contributed by atoms with van der Waals surface area (Å²) in [6.45, 7) is 2.46. The number of nitrogens with one attached hydrogen (secondary N) is 1. The van der Waals surface area contributed by atoms with Crippen molar-refractivity contribution in [2.45, 2.75) is 24.0 Å². The van der Waals surface area contributed by atoms with Crippen LogP contribution in [0.5, 0.6) is 0 Å². The van der Waals surface area contributed by atoms with Gasteiger partial charge in [-0.15, -0.1) is 0 Å². The Hall–Kier alpha value is -1.57. The number of hydrogen-bond acceptors (Lipinski definition) is 6. The molecule has 8 heteroatoms. The Labute approximate surface area is 150 Å². The van der Waals surface area contributed by atoms with E-state index in [1.807, 2.05) is 18.4 Å². The van der Waals surface area contributed by atoms with Gasteiger partial charge in [0, 0.05) is 6.54 Å². The lowest BCUT2D eigenvalue weighted by Crippen LogP contribution is -2.37. The Morgan fingerprint density at radius 2 is 2.29 bits per heavy atom. The summed E-state index contributed by atoms with van der Waals surface area (Å²) in [4.78, 5) is 23.1. The van der Waals surface area contributed by atoms with Crippen LogP contribution in [0.1, 0.15) is 35.1 Å². The number of hydrogen-bond donors (Lipinski definition) is 1. The van der Waals surface area contributed by atoms with Gasteiger partial charge in [-0.3, -0.25) is 9.69 Å². The number of halogens is 1. The number of carbonyl (C=O) groups excluding carboxylic acids is 1. The molecule has 3 heterocycles. The average Bonchev–Trinajstić information content (AvgIpc) is 3.29. The minimum Gasteiger partial charge on any atom is -0.468 e. The summed E-state index contributed by atoms with van der Waals surface area (Å²) in [6, 6.07) is 3.83. The molecule has 0 saturated carbocycles. The van der Waals surface area contributed by atoms with Crippen molar-refractivity contribution in [3.05, 3.63) is 41.1 Å². The second-order valence-corrected chi connectivity index (χ2v) is 6.72. The molecule has 1 N–H and O–H groups in total. The fourth-order valence-corrected chi connectivity index (χ4v) is 3.34. The van der Waals surface area contributed by atoms with Crippen LogP contribution in [0, 0.1) is 0 Å². The summed E-state index contributed by atoms with van der Waals surface area (Å²) < 4.78 is 5.56. The first-order chi connectivity index (χ1) is 11.7. The van der Waals surface area contributed by atoms with E-state index in [4.69, 9.17) is 16.0 Å². The first-order valence-electron chi connectivity index (χ1n) is 7.81. The van der Waals surface area contributed by atoms with Gasteiger partial charge in [0.2, 0.25) is 0 Å². The molecule has 1 aliphatic rings. The molecule has 1 fully saturated rings. The average molecular weight is 367 g/mol. The molecular weight excluding hydrogens is 348 g/mol. The predicted molar refractivity (Wildman–Crippen MR) is 93.4 cm³/mol. The lowest BCUT2D eigenvalue weighted by Gasteiger charge is -2.26. The van der Waals surface area contributed by atoms with Crippen LogP contribution in [-0.4, -0.2) is 46.7 Å². The Balaban J connectivity index is 1.71. The van der Waals surface area contributed by atoms with E-state index >= 15 is 0 Å². The highest BCUT2D eigenvalue weighted by molar-refractivity contribution is 7.98. The van der Waals surface area contributed by atoms with Crippen molar-refractivity contribution < 1.29 is 9.21 Å². The SMILES string of the molecule is CSc1ncc(Cl)c(C(=O)NCC(c2ccco2)N2CCCC2)n1. The molecule has 0 aromatic carbocycles. The predicted octanol–water partition coefficient (Wildman–Crippen LogP) is 3.01. The fourth-order valence-electron chi connectivity index (χ4n) is 2.83. The third kappa shape index (κ3) is 3.91. The highest BCUT2D eigenvalue weighted by Crippen LogP contribution is 2.25. The van der Waals surface area contributed by atoms with Crippen molar-refractivity contribution in [2.24, 2.45) is 0 Å². The second kappa shape index (κ2) is 8.00. The summed E-state index contributed by atoms with van der Waals surface area (Å²) in [5.41, 5.74) is 0.204. The summed E-state index contributed by atoms with van der Waals surface area (Å²) in [7, 11) is 0. The van der Waals surface area contributed by atoms with E-state index in [9.17, 15) is 4.79 Å². The van der Waals surface area contributed by atoms with Crippen molar-refractivity contribution in [3.63, 3.8) is 0 Å². The Bertz CT molecular complexity index is 689. The third-order valence-electron chi connectivity index (χ3n) is 4.03. The smallest absolute Gasteiger partial charge is 0.271 e. The van der Waals surface area contributed by atoms with Crippen LogP contribution in [0.3, 0.4) is 0 Å². The van der Waals surface area contributed by atoms with Crippen LogP contribution in [0.25, 0.3) is 0 Å². The zero-order valence-electron chi connectivity index (χ0n) is 13.4. The first-order valence-corrected chi connectivity index (χ1v) is 9.41. The normalized spacial score (nSPS) is 16.2. The van der Waals surface area contributed by atoms with E-state index in [-0.39, 0.29) is 22.7 Å². The van der Waals surface area contributed by atoms with Gasteiger partial charge in [-0.2, -0.15) is 0 Å². The van der Waals surface area contributed by atoms with Gasteiger partial charge in [0.1, 0.15) is 5.76 Å². The van der Waals surface area contributed by atoms with E-state index < -0.39 is 0 Å². The van der Waals surface area contributed by atoms with Gasteiger partial charge >= 0.3 is 0 Å². The monoisotopic (exact) mass is 366 g/mol. The topological polar surface area (TPSA) is 71.3 Å². The minimum absolute atomic E-state index is 0.0204. The molecular formula is C16H19ClN4O2S.